The lowest BCUT2D eigenvalue weighted by molar-refractivity contribution is -0.411. The Bertz CT molecular complexity index is 445. The van der Waals surface area contributed by atoms with Crippen molar-refractivity contribution < 1.29 is 44.3 Å². The zero-order chi connectivity index (χ0) is 19.6. The first-order valence-corrected chi connectivity index (χ1v) is 7.55. The van der Waals surface area contributed by atoms with Crippen molar-refractivity contribution >= 4 is 23.5 Å². The van der Waals surface area contributed by atoms with E-state index >= 15 is 0 Å². The van der Waals surface area contributed by atoms with E-state index in [1.54, 1.807) is 0 Å². The third-order valence-electron chi connectivity index (χ3n) is 1.97. The second-order valence-corrected chi connectivity index (χ2v) is 8.08. The monoisotopic (exact) mass is 410 g/mol. The van der Waals surface area contributed by atoms with Gasteiger partial charge in [0.15, 0.2) is 6.19 Å². The highest BCUT2D eigenvalue weighted by atomic mass is 32.2. The van der Waals surface area contributed by atoms with E-state index < -0.39 is 50.4 Å². The van der Waals surface area contributed by atoms with Gasteiger partial charge in [-0.25, -0.2) is 4.74 Å². The second kappa shape index (κ2) is 7.28. The highest BCUT2D eigenvalue weighted by Crippen LogP contribution is 2.54. The van der Waals surface area contributed by atoms with E-state index in [1.165, 1.54) is 20.8 Å². The van der Waals surface area contributed by atoms with Crippen LogP contribution in [0.1, 0.15) is 20.8 Å². The van der Waals surface area contributed by atoms with Crippen molar-refractivity contribution in [2.45, 2.75) is 48.6 Å². The number of halogens is 9. The molecule has 0 N–H and O–H groups in total. The van der Waals surface area contributed by atoms with Crippen LogP contribution in [-0.4, -0.2) is 38.6 Å². The Hall–Kier alpha value is -0.680. The van der Waals surface area contributed by atoms with Gasteiger partial charge in [-0.15, -0.1) is 24.9 Å². The zero-order valence-corrected chi connectivity index (χ0v) is 13.9. The molecule has 1 unspecified atom stereocenters. The zero-order valence-electron chi connectivity index (χ0n) is 12.2. The minimum atomic E-state index is -6.18. The van der Waals surface area contributed by atoms with Gasteiger partial charge in [0, 0.05) is 16.5 Å². The maximum absolute atomic E-state index is 13.1. The molecule has 0 radical (unpaired) electrons. The highest BCUT2D eigenvalue weighted by molar-refractivity contribution is 8.01. The molecule has 0 spiro atoms. The number of rotatable bonds is 5. The quantitative estimate of drug-likeness (QED) is 0.267. The van der Waals surface area contributed by atoms with Crippen LogP contribution >= 0.6 is 23.5 Å². The summed E-state index contributed by atoms with van der Waals surface area (Å²) in [5.74, 6) is -1.11. The summed E-state index contributed by atoms with van der Waals surface area (Å²) >= 11 is -1.57. The van der Waals surface area contributed by atoms with Crippen molar-refractivity contribution in [2.75, 3.05) is 5.88 Å². The predicted molar refractivity (Wildman–Crippen MR) is 69.2 cm³/mol. The fourth-order valence-corrected chi connectivity index (χ4v) is 2.77. The van der Waals surface area contributed by atoms with Crippen LogP contribution in [0.2, 0.25) is 0 Å². The van der Waals surface area contributed by atoms with E-state index in [1.807, 2.05) is 0 Å². The summed E-state index contributed by atoms with van der Waals surface area (Å²) in [5.41, 5.74) is -5.76. The summed E-state index contributed by atoms with van der Waals surface area (Å²) in [4.78, 5) is -0.728. The number of thioether (sulfide) groups is 2. The number of nitrogens with zero attached hydrogens (tertiary/aromatic N) is 2. The average Bonchev–Trinajstić information content (AvgIpc) is 2.21. The molecule has 142 valence electrons. The molecule has 0 saturated heterocycles. The van der Waals surface area contributed by atoms with Crippen molar-refractivity contribution in [1.29, 1.82) is 5.26 Å². The molecule has 0 amide bonds. The molecule has 0 aliphatic carbocycles. The third kappa shape index (κ3) is 7.47. The maximum Gasteiger partial charge on any atom is 0.525 e. The Kier molecular flexibility index (Phi) is 7.08. The van der Waals surface area contributed by atoms with Crippen LogP contribution in [0.4, 0.5) is 39.5 Å². The van der Waals surface area contributed by atoms with Crippen LogP contribution < -0.4 is 0 Å². The summed E-state index contributed by atoms with van der Waals surface area (Å²) in [6.07, 6.45) is -11.5. The van der Waals surface area contributed by atoms with Gasteiger partial charge in [-0.05, 0) is 0 Å². The standard InChI is InChI=1S/C10H11F9N2OS2/c1-6(2,3)23-5-21(4-20)8(7(11,12)13,22-9(14,15)16)24-10(17,18)19/h5H2,1-3H3. The second-order valence-electron chi connectivity index (χ2n) is 5.09. The maximum atomic E-state index is 13.1. The number of nitriles is 1. The molecule has 0 fully saturated rings. The molecule has 14 heteroatoms. The Morgan fingerprint density at radius 3 is 1.67 bits per heavy atom. The molecule has 0 rings (SSSR count). The van der Waals surface area contributed by atoms with Gasteiger partial charge >= 0.3 is 23.1 Å². The van der Waals surface area contributed by atoms with Crippen molar-refractivity contribution in [3.8, 4) is 6.19 Å². The average molecular weight is 410 g/mol. The minimum absolute atomic E-state index is 0.537. The van der Waals surface area contributed by atoms with E-state index in [2.05, 4.69) is 4.74 Å². The van der Waals surface area contributed by atoms with Crippen molar-refractivity contribution in [3.05, 3.63) is 0 Å². The van der Waals surface area contributed by atoms with Crippen molar-refractivity contribution in [2.24, 2.45) is 0 Å². The number of ether oxygens (including phenoxy) is 1. The van der Waals surface area contributed by atoms with Crippen LogP contribution in [0.3, 0.4) is 0 Å². The molecule has 24 heavy (non-hydrogen) atoms. The molecular formula is C10H11F9N2OS2. The predicted octanol–water partition coefficient (Wildman–Crippen LogP) is 5.26. The lowest BCUT2D eigenvalue weighted by Crippen LogP contribution is -2.60. The summed E-state index contributed by atoms with van der Waals surface area (Å²) < 4.78 is 116. The Morgan fingerprint density at radius 1 is 0.958 bits per heavy atom. The molecule has 0 aromatic heterocycles. The Labute approximate surface area is 139 Å². The smallest absolute Gasteiger partial charge is 0.253 e. The molecule has 1 atom stereocenters. The molecule has 3 nitrogen and oxygen atoms in total. The van der Waals surface area contributed by atoms with Gasteiger partial charge in [0.2, 0.25) is 0 Å². The largest absolute Gasteiger partial charge is 0.525 e. The summed E-state index contributed by atoms with van der Waals surface area (Å²) in [5, 5.41) is 3.76. The first kappa shape index (κ1) is 23.3. The van der Waals surface area contributed by atoms with Crippen LogP contribution in [0, 0.1) is 11.5 Å². The van der Waals surface area contributed by atoms with Crippen molar-refractivity contribution in [3.63, 3.8) is 0 Å². The Morgan fingerprint density at radius 2 is 1.42 bits per heavy atom. The first-order chi connectivity index (χ1) is 10.3. The number of alkyl halides is 9. The van der Waals surface area contributed by atoms with Crippen LogP contribution in [-0.2, 0) is 4.74 Å². The van der Waals surface area contributed by atoms with Gasteiger partial charge in [0.1, 0.15) is 0 Å². The van der Waals surface area contributed by atoms with Crippen LogP contribution in [0.5, 0.6) is 0 Å². The lowest BCUT2D eigenvalue weighted by atomic mass is 10.3. The van der Waals surface area contributed by atoms with Crippen LogP contribution in [0.25, 0.3) is 0 Å². The molecule has 0 aliphatic heterocycles. The SMILES string of the molecule is CC(C)(C)SCN(C#N)C(OC(F)(F)F)(SC(F)(F)F)C(F)(F)F. The normalized spacial score (nSPS) is 16.5. The third-order valence-corrected chi connectivity index (χ3v) is 4.27. The van der Waals surface area contributed by atoms with Crippen LogP contribution in [0.15, 0.2) is 0 Å². The van der Waals surface area contributed by atoms with Gasteiger partial charge in [0.25, 0.3) is 0 Å². The minimum Gasteiger partial charge on any atom is -0.253 e. The van der Waals surface area contributed by atoms with Gasteiger partial charge in [-0.1, -0.05) is 20.8 Å². The van der Waals surface area contributed by atoms with E-state index in [0.29, 0.717) is 18.0 Å². The highest BCUT2D eigenvalue weighted by Gasteiger charge is 2.70. The summed E-state index contributed by atoms with van der Waals surface area (Å²) in [6, 6.07) is 0. The molecule has 0 bridgehead atoms. The van der Waals surface area contributed by atoms with E-state index in [-0.39, 0.29) is 0 Å². The first-order valence-electron chi connectivity index (χ1n) is 5.75. The van der Waals surface area contributed by atoms with E-state index in [0.717, 1.165) is 0 Å². The lowest BCUT2D eigenvalue weighted by Gasteiger charge is -2.41. The molecule has 0 aromatic carbocycles. The van der Waals surface area contributed by atoms with E-state index in [4.69, 9.17) is 5.26 Å². The topological polar surface area (TPSA) is 36.3 Å². The summed E-state index contributed by atoms with van der Waals surface area (Å²) in [7, 11) is 0. The number of hydrogen-bond donors (Lipinski definition) is 0. The fourth-order valence-electron chi connectivity index (χ4n) is 1.15. The van der Waals surface area contributed by atoms with Gasteiger partial charge < -0.3 is 0 Å². The fraction of sp³-hybridized carbons (Fsp3) is 0.900. The van der Waals surface area contributed by atoms with E-state index in [9.17, 15) is 39.5 Å². The van der Waals surface area contributed by atoms with Gasteiger partial charge in [0.05, 0.1) is 5.88 Å². The summed E-state index contributed by atoms with van der Waals surface area (Å²) in [6.45, 7) is 4.35. The molecule has 0 aliphatic rings. The molecule has 0 heterocycles. The van der Waals surface area contributed by atoms with Gasteiger partial charge in [-0.3, -0.25) is 4.90 Å². The molecule has 0 aromatic rings. The van der Waals surface area contributed by atoms with Gasteiger partial charge in [-0.2, -0.15) is 31.6 Å². The molecule has 0 saturated carbocycles. The molecular weight excluding hydrogens is 399 g/mol. The number of hydrogen-bond acceptors (Lipinski definition) is 5. The van der Waals surface area contributed by atoms with Crippen molar-refractivity contribution in [1.82, 2.24) is 4.90 Å². The Balaban J connectivity index is 6.08.